The molecule has 0 spiro atoms. The molecular formula is C16H17BrFNO. The van der Waals surface area contributed by atoms with E-state index in [2.05, 4.69) is 20.8 Å². The molecule has 0 aliphatic rings. The van der Waals surface area contributed by atoms with Gasteiger partial charge in [0, 0.05) is 17.6 Å². The second kappa shape index (κ2) is 7.41. The van der Waals surface area contributed by atoms with Crippen molar-refractivity contribution in [3.8, 4) is 5.75 Å². The summed E-state index contributed by atoms with van der Waals surface area (Å²) in [5.74, 6) is 0.653. The van der Waals surface area contributed by atoms with E-state index in [0.717, 1.165) is 22.3 Å². The zero-order chi connectivity index (χ0) is 14.4. The summed E-state index contributed by atoms with van der Waals surface area (Å²) in [6.07, 6.45) is 0. The topological polar surface area (TPSA) is 12.5 Å². The Kier molecular flexibility index (Phi) is 5.56. The third-order valence-electron chi connectivity index (χ3n) is 2.88. The Bertz CT molecular complexity index is 562. The van der Waals surface area contributed by atoms with Crippen molar-refractivity contribution in [1.29, 1.82) is 0 Å². The third-order valence-corrected chi connectivity index (χ3v) is 3.37. The summed E-state index contributed by atoms with van der Waals surface area (Å²) in [6.45, 7) is 2.09. The number of nitrogens with zero attached hydrogens (tertiary/aromatic N) is 1. The van der Waals surface area contributed by atoms with Crippen LogP contribution in [-0.2, 0) is 6.54 Å². The van der Waals surface area contributed by atoms with Crippen LogP contribution in [0.25, 0.3) is 0 Å². The summed E-state index contributed by atoms with van der Waals surface area (Å²) in [5, 5.41) is 0. The van der Waals surface area contributed by atoms with E-state index in [9.17, 15) is 4.39 Å². The SMILES string of the molecule is CN(CCOc1cccc(Br)c1)Cc1cccc(F)c1. The Morgan fingerprint density at radius 2 is 1.95 bits per heavy atom. The van der Waals surface area contributed by atoms with Crippen LogP contribution < -0.4 is 4.74 Å². The van der Waals surface area contributed by atoms with Gasteiger partial charge in [-0.05, 0) is 42.9 Å². The minimum Gasteiger partial charge on any atom is -0.492 e. The molecule has 0 aromatic heterocycles. The van der Waals surface area contributed by atoms with Gasteiger partial charge in [0.25, 0.3) is 0 Å². The number of halogens is 2. The van der Waals surface area contributed by atoms with E-state index >= 15 is 0 Å². The molecule has 2 rings (SSSR count). The molecule has 20 heavy (non-hydrogen) atoms. The fraction of sp³-hybridized carbons (Fsp3) is 0.250. The summed E-state index contributed by atoms with van der Waals surface area (Å²) < 4.78 is 19.8. The minimum absolute atomic E-state index is 0.193. The van der Waals surface area contributed by atoms with E-state index in [1.165, 1.54) is 6.07 Å². The van der Waals surface area contributed by atoms with Crippen LogP contribution in [0.15, 0.2) is 53.0 Å². The van der Waals surface area contributed by atoms with Gasteiger partial charge in [-0.25, -0.2) is 4.39 Å². The smallest absolute Gasteiger partial charge is 0.123 e. The molecule has 0 bridgehead atoms. The van der Waals surface area contributed by atoms with Gasteiger partial charge in [0.05, 0.1) is 0 Å². The Hall–Kier alpha value is -1.39. The zero-order valence-electron chi connectivity index (χ0n) is 11.4. The molecule has 0 amide bonds. The lowest BCUT2D eigenvalue weighted by Gasteiger charge is -2.17. The lowest BCUT2D eigenvalue weighted by Crippen LogP contribution is -2.23. The molecule has 2 nitrogen and oxygen atoms in total. The molecule has 0 aliphatic carbocycles. The Morgan fingerprint density at radius 1 is 1.15 bits per heavy atom. The molecule has 2 aromatic rings. The summed E-state index contributed by atoms with van der Waals surface area (Å²) in [6, 6.07) is 14.4. The first-order valence-electron chi connectivity index (χ1n) is 6.45. The van der Waals surface area contributed by atoms with Crippen LogP contribution in [0.4, 0.5) is 4.39 Å². The van der Waals surface area contributed by atoms with Crippen molar-refractivity contribution >= 4 is 15.9 Å². The molecule has 2 aromatic carbocycles. The molecule has 106 valence electrons. The summed E-state index contributed by atoms with van der Waals surface area (Å²) >= 11 is 3.41. The highest BCUT2D eigenvalue weighted by atomic mass is 79.9. The van der Waals surface area contributed by atoms with Gasteiger partial charge in [0.1, 0.15) is 18.2 Å². The van der Waals surface area contributed by atoms with Gasteiger partial charge in [-0.3, -0.25) is 4.90 Å². The maximum absolute atomic E-state index is 13.1. The van der Waals surface area contributed by atoms with Crippen molar-refractivity contribution in [2.45, 2.75) is 6.54 Å². The number of rotatable bonds is 6. The first-order valence-corrected chi connectivity index (χ1v) is 7.24. The van der Waals surface area contributed by atoms with Crippen LogP contribution in [0.3, 0.4) is 0 Å². The van der Waals surface area contributed by atoms with Crippen molar-refractivity contribution in [1.82, 2.24) is 4.90 Å². The largest absolute Gasteiger partial charge is 0.492 e. The quantitative estimate of drug-likeness (QED) is 0.786. The predicted octanol–water partition coefficient (Wildman–Crippen LogP) is 4.10. The van der Waals surface area contributed by atoms with E-state index in [-0.39, 0.29) is 5.82 Å². The van der Waals surface area contributed by atoms with Crippen molar-refractivity contribution in [2.24, 2.45) is 0 Å². The molecule has 0 atom stereocenters. The maximum Gasteiger partial charge on any atom is 0.123 e. The third kappa shape index (κ3) is 4.94. The number of hydrogen-bond donors (Lipinski definition) is 0. The highest BCUT2D eigenvalue weighted by molar-refractivity contribution is 9.10. The van der Waals surface area contributed by atoms with Gasteiger partial charge in [0.15, 0.2) is 0 Å². The highest BCUT2D eigenvalue weighted by Crippen LogP contribution is 2.17. The normalized spacial score (nSPS) is 10.8. The molecule has 0 heterocycles. The first-order chi connectivity index (χ1) is 9.63. The average Bonchev–Trinajstić information content (AvgIpc) is 2.38. The fourth-order valence-electron chi connectivity index (χ4n) is 1.90. The molecule has 0 unspecified atom stereocenters. The van der Waals surface area contributed by atoms with E-state index < -0.39 is 0 Å². The molecule has 0 fully saturated rings. The van der Waals surface area contributed by atoms with Crippen LogP contribution in [0.2, 0.25) is 0 Å². The molecule has 0 radical (unpaired) electrons. The van der Waals surface area contributed by atoms with Crippen molar-refractivity contribution in [2.75, 3.05) is 20.2 Å². The van der Waals surface area contributed by atoms with E-state index in [4.69, 9.17) is 4.74 Å². The standard InChI is InChI=1S/C16H17BrFNO/c1-19(12-13-4-2-6-15(18)10-13)8-9-20-16-7-3-5-14(17)11-16/h2-7,10-11H,8-9,12H2,1H3. The number of likely N-dealkylation sites (N-methyl/N-ethyl adjacent to an activating group) is 1. The van der Waals surface area contributed by atoms with E-state index in [0.29, 0.717) is 13.2 Å². The first kappa shape index (κ1) is 15.0. The lowest BCUT2D eigenvalue weighted by atomic mass is 10.2. The molecule has 4 heteroatoms. The van der Waals surface area contributed by atoms with Crippen LogP contribution in [0, 0.1) is 5.82 Å². The maximum atomic E-state index is 13.1. The Balaban J connectivity index is 1.76. The van der Waals surface area contributed by atoms with Gasteiger partial charge in [-0.1, -0.05) is 34.1 Å². The van der Waals surface area contributed by atoms with Crippen molar-refractivity contribution in [3.05, 3.63) is 64.4 Å². The number of benzene rings is 2. The molecule has 0 N–H and O–H groups in total. The summed E-state index contributed by atoms with van der Waals surface area (Å²) in [4.78, 5) is 2.10. The Morgan fingerprint density at radius 3 is 2.70 bits per heavy atom. The second-order valence-corrected chi connectivity index (χ2v) is 5.59. The molecular weight excluding hydrogens is 321 g/mol. The Labute approximate surface area is 127 Å². The molecule has 0 aliphatic heterocycles. The zero-order valence-corrected chi connectivity index (χ0v) is 12.9. The lowest BCUT2D eigenvalue weighted by molar-refractivity contribution is 0.232. The predicted molar refractivity (Wildman–Crippen MR) is 82.4 cm³/mol. The van der Waals surface area contributed by atoms with Crippen LogP contribution in [-0.4, -0.2) is 25.1 Å². The second-order valence-electron chi connectivity index (χ2n) is 4.67. The minimum atomic E-state index is -0.193. The average molecular weight is 338 g/mol. The summed E-state index contributed by atoms with van der Waals surface area (Å²) in [7, 11) is 2.00. The number of ether oxygens (including phenoxy) is 1. The molecule has 0 saturated carbocycles. The van der Waals surface area contributed by atoms with Gasteiger partial charge in [0.2, 0.25) is 0 Å². The van der Waals surface area contributed by atoms with Crippen LogP contribution >= 0.6 is 15.9 Å². The van der Waals surface area contributed by atoms with E-state index in [1.807, 2.05) is 37.4 Å². The fourth-order valence-corrected chi connectivity index (χ4v) is 2.28. The van der Waals surface area contributed by atoms with Gasteiger partial charge in [-0.15, -0.1) is 0 Å². The monoisotopic (exact) mass is 337 g/mol. The van der Waals surface area contributed by atoms with Crippen molar-refractivity contribution in [3.63, 3.8) is 0 Å². The van der Waals surface area contributed by atoms with Crippen LogP contribution in [0.1, 0.15) is 5.56 Å². The van der Waals surface area contributed by atoms with Crippen molar-refractivity contribution < 1.29 is 9.13 Å². The highest BCUT2D eigenvalue weighted by Gasteiger charge is 2.02. The van der Waals surface area contributed by atoms with Crippen LogP contribution in [0.5, 0.6) is 5.75 Å². The van der Waals surface area contributed by atoms with Gasteiger partial charge < -0.3 is 4.74 Å². The number of hydrogen-bond acceptors (Lipinski definition) is 2. The van der Waals surface area contributed by atoms with Gasteiger partial charge in [-0.2, -0.15) is 0 Å². The van der Waals surface area contributed by atoms with E-state index in [1.54, 1.807) is 12.1 Å². The summed E-state index contributed by atoms with van der Waals surface area (Å²) in [5.41, 5.74) is 0.968. The van der Waals surface area contributed by atoms with Gasteiger partial charge >= 0.3 is 0 Å². The molecule has 0 saturated heterocycles.